The molecule has 2 aromatic rings. The number of anilines is 1. The highest BCUT2D eigenvalue weighted by molar-refractivity contribution is 5.93. The molecule has 1 saturated heterocycles. The molecule has 94 valence electrons. The van der Waals surface area contributed by atoms with Crippen molar-refractivity contribution in [3.05, 3.63) is 24.5 Å². The SMILES string of the molecule is CC(C)C1COC(=O)N1c1ccc2[nH]cnc2c1. The molecule has 1 amide bonds. The Bertz CT molecular complexity index is 591. The fraction of sp³-hybridized carbons (Fsp3) is 0.385. The molecular weight excluding hydrogens is 230 g/mol. The standard InChI is InChI=1S/C13H15N3O2/c1-8(2)12-6-18-13(17)16(12)9-3-4-10-11(5-9)15-7-14-10/h3-5,7-8,12H,6H2,1-2H3,(H,14,15). The minimum absolute atomic E-state index is 0.0916. The van der Waals surface area contributed by atoms with Crippen LogP contribution in [0.4, 0.5) is 10.5 Å². The smallest absolute Gasteiger partial charge is 0.414 e. The lowest BCUT2D eigenvalue weighted by Gasteiger charge is -2.24. The molecule has 5 heteroatoms. The Kier molecular flexibility index (Phi) is 2.47. The Morgan fingerprint density at radius 2 is 2.33 bits per heavy atom. The first kappa shape index (κ1) is 11.1. The number of aromatic nitrogens is 2. The van der Waals surface area contributed by atoms with Crippen LogP contribution in [0, 0.1) is 5.92 Å². The Labute approximate surface area is 105 Å². The zero-order valence-corrected chi connectivity index (χ0v) is 10.4. The predicted molar refractivity (Wildman–Crippen MR) is 68.5 cm³/mol. The fourth-order valence-electron chi connectivity index (χ4n) is 2.29. The van der Waals surface area contributed by atoms with Crippen molar-refractivity contribution in [1.29, 1.82) is 0 Å². The number of carbonyl (C=O) groups excluding carboxylic acids is 1. The highest BCUT2D eigenvalue weighted by atomic mass is 16.6. The van der Waals surface area contributed by atoms with Gasteiger partial charge in [0.05, 0.1) is 23.4 Å². The lowest BCUT2D eigenvalue weighted by Crippen LogP contribution is -2.37. The first-order chi connectivity index (χ1) is 8.66. The van der Waals surface area contributed by atoms with E-state index in [0.29, 0.717) is 12.5 Å². The number of H-pyrrole nitrogens is 1. The third-order valence-electron chi connectivity index (χ3n) is 3.36. The van der Waals surface area contributed by atoms with Crippen LogP contribution in [-0.2, 0) is 4.74 Å². The van der Waals surface area contributed by atoms with Gasteiger partial charge in [-0.2, -0.15) is 0 Å². The second-order valence-electron chi connectivity index (χ2n) is 4.86. The van der Waals surface area contributed by atoms with Gasteiger partial charge in [0.1, 0.15) is 6.61 Å². The van der Waals surface area contributed by atoms with Crippen molar-refractivity contribution in [3.8, 4) is 0 Å². The maximum Gasteiger partial charge on any atom is 0.414 e. The third kappa shape index (κ3) is 1.63. The van der Waals surface area contributed by atoms with Crippen LogP contribution >= 0.6 is 0 Å². The molecule has 1 fully saturated rings. The first-order valence-electron chi connectivity index (χ1n) is 6.06. The van der Waals surface area contributed by atoms with E-state index in [9.17, 15) is 4.79 Å². The molecule has 0 spiro atoms. The van der Waals surface area contributed by atoms with E-state index in [-0.39, 0.29) is 12.1 Å². The Morgan fingerprint density at radius 3 is 3.11 bits per heavy atom. The molecule has 18 heavy (non-hydrogen) atoms. The monoisotopic (exact) mass is 245 g/mol. The van der Waals surface area contributed by atoms with Crippen molar-refractivity contribution in [3.63, 3.8) is 0 Å². The highest BCUT2D eigenvalue weighted by Crippen LogP contribution is 2.28. The number of nitrogens with zero attached hydrogens (tertiary/aromatic N) is 2. The predicted octanol–water partition coefficient (Wildman–Crippen LogP) is 2.54. The molecule has 1 aromatic heterocycles. The van der Waals surface area contributed by atoms with Gasteiger partial charge in [-0.3, -0.25) is 4.90 Å². The number of ether oxygens (including phenoxy) is 1. The Balaban J connectivity index is 2.03. The molecule has 1 atom stereocenters. The van der Waals surface area contributed by atoms with E-state index in [2.05, 4.69) is 23.8 Å². The molecule has 5 nitrogen and oxygen atoms in total. The molecule has 2 heterocycles. The molecule has 1 N–H and O–H groups in total. The Hall–Kier alpha value is -2.04. The Morgan fingerprint density at radius 1 is 1.50 bits per heavy atom. The van der Waals surface area contributed by atoms with Gasteiger partial charge in [-0.15, -0.1) is 0 Å². The minimum atomic E-state index is -0.274. The summed E-state index contributed by atoms with van der Waals surface area (Å²) in [5, 5.41) is 0. The van der Waals surface area contributed by atoms with Crippen LogP contribution in [0.25, 0.3) is 11.0 Å². The molecule has 0 radical (unpaired) electrons. The van der Waals surface area contributed by atoms with Crippen molar-refractivity contribution in [2.24, 2.45) is 5.92 Å². The highest BCUT2D eigenvalue weighted by Gasteiger charge is 2.36. The number of hydrogen-bond acceptors (Lipinski definition) is 3. The summed E-state index contributed by atoms with van der Waals surface area (Å²) in [5.41, 5.74) is 2.66. The van der Waals surface area contributed by atoms with Crippen LogP contribution in [0.3, 0.4) is 0 Å². The van der Waals surface area contributed by atoms with Crippen LogP contribution in [0.5, 0.6) is 0 Å². The number of fused-ring (bicyclic) bond motifs is 1. The van der Waals surface area contributed by atoms with Gasteiger partial charge in [-0.1, -0.05) is 13.8 Å². The third-order valence-corrected chi connectivity index (χ3v) is 3.36. The van der Waals surface area contributed by atoms with Crippen molar-refractivity contribution in [1.82, 2.24) is 9.97 Å². The van der Waals surface area contributed by atoms with Crippen molar-refractivity contribution < 1.29 is 9.53 Å². The van der Waals surface area contributed by atoms with Gasteiger partial charge in [-0.05, 0) is 24.1 Å². The average Bonchev–Trinajstić information content (AvgIpc) is 2.93. The number of nitrogens with one attached hydrogen (secondary N) is 1. The van der Waals surface area contributed by atoms with E-state index in [1.807, 2.05) is 18.2 Å². The second-order valence-corrected chi connectivity index (χ2v) is 4.86. The van der Waals surface area contributed by atoms with Crippen LogP contribution in [0.2, 0.25) is 0 Å². The van der Waals surface area contributed by atoms with Crippen LogP contribution in [0.1, 0.15) is 13.8 Å². The maximum atomic E-state index is 11.8. The number of cyclic esters (lactones) is 1. The van der Waals surface area contributed by atoms with E-state index in [4.69, 9.17) is 4.74 Å². The molecule has 1 aromatic carbocycles. The van der Waals surface area contributed by atoms with E-state index in [1.165, 1.54) is 0 Å². The summed E-state index contributed by atoms with van der Waals surface area (Å²) in [6, 6.07) is 5.85. The van der Waals surface area contributed by atoms with E-state index in [1.54, 1.807) is 11.2 Å². The number of imidazole rings is 1. The first-order valence-corrected chi connectivity index (χ1v) is 6.06. The van der Waals surface area contributed by atoms with Gasteiger partial charge in [0.15, 0.2) is 0 Å². The zero-order valence-electron chi connectivity index (χ0n) is 10.4. The number of benzene rings is 1. The van der Waals surface area contributed by atoms with Crippen molar-refractivity contribution >= 4 is 22.8 Å². The number of amides is 1. The summed E-state index contributed by atoms with van der Waals surface area (Å²) in [4.78, 5) is 20.8. The van der Waals surface area contributed by atoms with Gasteiger partial charge >= 0.3 is 6.09 Å². The minimum Gasteiger partial charge on any atom is -0.447 e. The average molecular weight is 245 g/mol. The van der Waals surface area contributed by atoms with Gasteiger partial charge in [0.2, 0.25) is 0 Å². The summed E-state index contributed by atoms with van der Waals surface area (Å²) in [7, 11) is 0. The molecule has 0 bridgehead atoms. The van der Waals surface area contributed by atoms with Gasteiger partial charge in [0.25, 0.3) is 0 Å². The maximum absolute atomic E-state index is 11.8. The molecule has 1 aliphatic heterocycles. The summed E-state index contributed by atoms with van der Waals surface area (Å²) < 4.78 is 5.15. The fourth-order valence-corrected chi connectivity index (χ4v) is 2.29. The lowest BCUT2D eigenvalue weighted by atomic mass is 10.0. The van der Waals surface area contributed by atoms with Gasteiger partial charge < -0.3 is 9.72 Å². The largest absolute Gasteiger partial charge is 0.447 e. The summed E-state index contributed by atoms with van der Waals surface area (Å²) >= 11 is 0. The molecule has 3 rings (SSSR count). The molecule has 1 aliphatic rings. The molecule has 0 saturated carbocycles. The second kappa shape index (κ2) is 4.01. The normalized spacial score (nSPS) is 19.8. The summed E-state index contributed by atoms with van der Waals surface area (Å²) in [6.45, 7) is 4.63. The summed E-state index contributed by atoms with van der Waals surface area (Å²) in [5.74, 6) is 0.353. The van der Waals surface area contributed by atoms with Crippen molar-refractivity contribution in [2.45, 2.75) is 19.9 Å². The molecule has 0 aliphatic carbocycles. The molecule has 1 unspecified atom stereocenters. The van der Waals surface area contributed by atoms with E-state index in [0.717, 1.165) is 16.7 Å². The molecular formula is C13H15N3O2. The van der Waals surface area contributed by atoms with E-state index < -0.39 is 0 Å². The summed E-state index contributed by atoms with van der Waals surface area (Å²) in [6.07, 6.45) is 1.38. The zero-order chi connectivity index (χ0) is 12.7. The van der Waals surface area contributed by atoms with Gasteiger partial charge in [-0.25, -0.2) is 9.78 Å². The topological polar surface area (TPSA) is 58.2 Å². The number of hydrogen-bond donors (Lipinski definition) is 1. The van der Waals surface area contributed by atoms with Crippen molar-refractivity contribution in [2.75, 3.05) is 11.5 Å². The number of aromatic amines is 1. The van der Waals surface area contributed by atoms with Crippen LogP contribution in [-0.4, -0.2) is 28.7 Å². The lowest BCUT2D eigenvalue weighted by molar-refractivity contribution is 0.177. The number of carbonyl (C=O) groups is 1. The van der Waals surface area contributed by atoms with Crippen LogP contribution < -0.4 is 4.90 Å². The van der Waals surface area contributed by atoms with Crippen LogP contribution in [0.15, 0.2) is 24.5 Å². The number of rotatable bonds is 2. The quantitative estimate of drug-likeness (QED) is 0.884. The van der Waals surface area contributed by atoms with Gasteiger partial charge in [0, 0.05) is 5.69 Å². The van der Waals surface area contributed by atoms with E-state index >= 15 is 0 Å².